The van der Waals surface area contributed by atoms with E-state index in [2.05, 4.69) is 18.3 Å². The minimum absolute atomic E-state index is 0.161. The molecule has 0 aromatic heterocycles. The van der Waals surface area contributed by atoms with Crippen LogP contribution in [0.15, 0.2) is 54.0 Å². The largest absolute Gasteiger partial charge is 0.459 e. The normalized spacial score (nSPS) is 23.3. The van der Waals surface area contributed by atoms with Gasteiger partial charge in [-0.3, -0.25) is 14.6 Å². The Labute approximate surface area is 219 Å². The second kappa shape index (κ2) is 8.66. The van der Waals surface area contributed by atoms with Gasteiger partial charge in [0.15, 0.2) is 0 Å². The van der Waals surface area contributed by atoms with Crippen molar-refractivity contribution in [3.05, 3.63) is 60.2 Å². The summed E-state index contributed by atoms with van der Waals surface area (Å²) in [7, 11) is 0. The molecule has 2 aromatic rings. The van der Waals surface area contributed by atoms with Gasteiger partial charge in [-0.05, 0) is 93.3 Å². The molecule has 1 atom stereocenters. The number of nitrogens with zero attached hydrogens (tertiary/aromatic N) is 2. The molecule has 5 rings (SSSR count). The van der Waals surface area contributed by atoms with E-state index in [1.165, 1.54) is 0 Å². The molecule has 1 N–H and O–H groups in total. The molecular weight excluding hydrogens is 464 g/mol. The molecule has 2 aromatic carbocycles. The highest BCUT2D eigenvalue weighted by Gasteiger charge is 2.74. The molecular formula is C31H36N2O4. The van der Waals surface area contributed by atoms with Crippen molar-refractivity contribution in [1.82, 2.24) is 4.90 Å². The van der Waals surface area contributed by atoms with Crippen LogP contribution in [0.25, 0.3) is 17.2 Å². The Morgan fingerprint density at radius 2 is 1.65 bits per heavy atom. The fraction of sp³-hybridized carbons (Fsp3) is 0.452. The summed E-state index contributed by atoms with van der Waals surface area (Å²) < 4.78 is 5.97. The molecule has 1 spiro atoms. The van der Waals surface area contributed by atoms with Crippen LogP contribution in [0.3, 0.4) is 0 Å². The van der Waals surface area contributed by atoms with Gasteiger partial charge in [-0.1, -0.05) is 49.1 Å². The summed E-state index contributed by atoms with van der Waals surface area (Å²) in [6.45, 7) is 14.3. The van der Waals surface area contributed by atoms with Crippen molar-refractivity contribution in [3.8, 4) is 11.1 Å². The van der Waals surface area contributed by atoms with Crippen LogP contribution < -0.4 is 0 Å². The Hall–Kier alpha value is -3.25. The van der Waals surface area contributed by atoms with Crippen molar-refractivity contribution in [2.75, 3.05) is 13.1 Å². The lowest BCUT2D eigenvalue weighted by Crippen LogP contribution is -2.47. The number of carbonyl (C=O) groups excluding carboxylic acids is 2. The number of esters is 1. The molecule has 1 heterocycles. The number of hydrogen-bond acceptors (Lipinski definition) is 5. The number of aliphatic imine (C=N–C) groups is 1. The van der Waals surface area contributed by atoms with Crippen molar-refractivity contribution in [3.63, 3.8) is 0 Å². The predicted molar refractivity (Wildman–Crippen MR) is 146 cm³/mol. The van der Waals surface area contributed by atoms with Crippen molar-refractivity contribution in [2.45, 2.75) is 69.5 Å². The topological polar surface area (TPSA) is 79.2 Å². The monoisotopic (exact) mass is 500 g/mol. The van der Waals surface area contributed by atoms with E-state index in [0.717, 1.165) is 27.9 Å². The van der Waals surface area contributed by atoms with Crippen LogP contribution in [0.1, 0.15) is 64.0 Å². The first kappa shape index (κ1) is 25.4. The van der Waals surface area contributed by atoms with Gasteiger partial charge in [-0.2, -0.15) is 0 Å². The molecule has 194 valence electrons. The van der Waals surface area contributed by atoms with Gasteiger partial charge < -0.3 is 14.7 Å². The van der Waals surface area contributed by atoms with E-state index in [0.29, 0.717) is 45.2 Å². The predicted octanol–water partition coefficient (Wildman–Crippen LogP) is 5.45. The average molecular weight is 501 g/mol. The zero-order valence-corrected chi connectivity index (χ0v) is 22.0. The van der Waals surface area contributed by atoms with Crippen molar-refractivity contribution >= 4 is 30.4 Å². The molecule has 1 amide bonds. The van der Waals surface area contributed by atoms with Crippen molar-refractivity contribution < 1.29 is 19.4 Å². The standard InChI is InChI=1S/C31H36N2O4/c1-6-21-7-8-23(19-25(21)32-5)22-9-11-24(12-10-22)31(27(35)37-28(2,3)4)20-29(31)15-17-33(18-16-29)26(34)30(36)13-14-30/h6-12,19,36H,1,5,13-18,20H2,2-4H3. The van der Waals surface area contributed by atoms with E-state index >= 15 is 0 Å². The average Bonchev–Trinajstić information content (AvgIpc) is 3.78. The highest BCUT2D eigenvalue weighted by Crippen LogP contribution is 2.70. The van der Waals surface area contributed by atoms with Gasteiger partial charge in [-0.15, -0.1) is 0 Å². The van der Waals surface area contributed by atoms with Crippen LogP contribution in [0.5, 0.6) is 0 Å². The van der Waals surface area contributed by atoms with Crippen LogP contribution in [0, 0.1) is 5.41 Å². The first-order valence-electron chi connectivity index (χ1n) is 13.1. The number of carbonyl (C=O) groups is 2. The number of amides is 1. The second-order valence-electron chi connectivity index (χ2n) is 11.9. The maximum Gasteiger partial charge on any atom is 0.317 e. The lowest BCUT2D eigenvalue weighted by molar-refractivity contribution is -0.160. The summed E-state index contributed by atoms with van der Waals surface area (Å²) >= 11 is 0. The minimum atomic E-state index is -1.16. The first-order chi connectivity index (χ1) is 17.5. The van der Waals surface area contributed by atoms with Gasteiger partial charge in [0.2, 0.25) is 0 Å². The number of piperidine rings is 1. The molecule has 6 heteroatoms. The summed E-state index contributed by atoms with van der Waals surface area (Å²) in [5.74, 6) is -0.354. The third-order valence-electron chi connectivity index (χ3n) is 8.39. The summed E-state index contributed by atoms with van der Waals surface area (Å²) in [6.07, 6.45) is 4.99. The third kappa shape index (κ3) is 4.31. The molecule has 1 aliphatic heterocycles. The van der Waals surface area contributed by atoms with Gasteiger partial charge in [0.25, 0.3) is 5.91 Å². The molecule has 3 fully saturated rings. The molecule has 1 unspecified atom stereocenters. The van der Waals surface area contributed by atoms with E-state index < -0.39 is 16.6 Å². The quantitative estimate of drug-likeness (QED) is 0.423. The van der Waals surface area contributed by atoms with Crippen molar-refractivity contribution in [2.24, 2.45) is 10.4 Å². The van der Waals surface area contributed by atoms with Gasteiger partial charge >= 0.3 is 5.97 Å². The molecule has 3 aliphatic rings. The molecule has 37 heavy (non-hydrogen) atoms. The molecule has 6 nitrogen and oxygen atoms in total. The summed E-state index contributed by atoms with van der Waals surface area (Å²) in [5.41, 5.74) is 1.97. The van der Waals surface area contributed by atoms with Crippen LogP contribution >= 0.6 is 0 Å². The smallest absolute Gasteiger partial charge is 0.317 e. The summed E-state index contributed by atoms with van der Waals surface area (Å²) in [4.78, 5) is 32.3. The number of hydrogen-bond donors (Lipinski definition) is 1. The molecule has 2 aliphatic carbocycles. The number of ether oxygens (including phenoxy) is 1. The number of aliphatic hydroxyl groups is 1. The van der Waals surface area contributed by atoms with Crippen molar-refractivity contribution in [1.29, 1.82) is 0 Å². The molecule has 2 saturated carbocycles. The Balaban J connectivity index is 1.43. The third-order valence-corrected chi connectivity index (χ3v) is 8.39. The van der Waals surface area contributed by atoms with Gasteiger partial charge in [0, 0.05) is 13.1 Å². The van der Waals surface area contributed by atoms with E-state index in [1.54, 1.807) is 11.0 Å². The lowest BCUT2D eigenvalue weighted by atomic mass is 9.79. The number of benzene rings is 2. The highest BCUT2D eigenvalue weighted by molar-refractivity contribution is 5.91. The van der Waals surface area contributed by atoms with Gasteiger partial charge in [-0.25, -0.2) is 0 Å². The Kier molecular flexibility index (Phi) is 5.94. The first-order valence-corrected chi connectivity index (χ1v) is 13.1. The Morgan fingerprint density at radius 1 is 1.03 bits per heavy atom. The van der Waals surface area contributed by atoms with E-state index in [1.807, 2.05) is 63.2 Å². The van der Waals surface area contributed by atoms with Crippen LogP contribution in [0.2, 0.25) is 0 Å². The van der Waals surface area contributed by atoms with Crippen LogP contribution in [0.4, 0.5) is 5.69 Å². The summed E-state index contributed by atoms with van der Waals surface area (Å²) in [5, 5.41) is 10.3. The maximum absolute atomic E-state index is 13.7. The maximum atomic E-state index is 13.7. The number of likely N-dealkylation sites (tertiary alicyclic amines) is 1. The van der Waals surface area contributed by atoms with Crippen LogP contribution in [-0.4, -0.2) is 52.9 Å². The summed E-state index contributed by atoms with van der Waals surface area (Å²) in [6, 6.07) is 14.2. The SMILES string of the molecule is C=Cc1ccc(-c2ccc(C3(C(=O)OC(C)(C)C)CC34CCN(C(=O)C3(O)CC3)CC4)cc2)cc1N=C. The van der Waals surface area contributed by atoms with E-state index in [4.69, 9.17) is 4.74 Å². The van der Waals surface area contributed by atoms with E-state index in [9.17, 15) is 14.7 Å². The minimum Gasteiger partial charge on any atom is -0.459 e. The van der Waals surface area contributed by atoms with Gasteiger partial charge in [0.1, 0.15) is 11.2 Å². The fourth-order valence-corrected chi connectivity index (χ4v) is 5.99. The molecule has 1 saturated heterocycles. The van der Waals surface area contributed by atoms with Gasteiger partial charge in [0.05, 0.1) is 11.1 Å². The highest BCUT2D eigenvalue weighted by atomic mass is 16.6. The van der Waals surface area contributed by atoms with E-state index in [-0.39, 0.29) is 17.3 Å². The Bertz CT molecular complexity index is 1260. The number of rotatable bonds is 6. The zero-order chi connectivity index (χ0) is 26.6. The lowest BCUT2D eigenvalue weighted by Gasteiger charge is -2.37. The second-order valence-corrected chi connectivity index (χ2v) is 11.9. The molecule has 0 bridgehead atoms. The molecule has 0 radical (unpaired) electrons. The fourth-order valence-electron chi connectivity index (χ4n) is 5.99. The zero-order valence-electron chi connectivity index (χ0n) is 22.0. The van der Waals surface area contributed by atoms with Crippen LogP contribution in [-0.2, 0) is 19.7 Å². The Morgan fingerprint density at radius 3 is 2.19 bits per heavy atom.